The van der Waals surface area contributed by atoms with Crippen LogP contribution in [0.1, 0.15) is 26.3 Å². The molecule has 3 nitrogen and oxygen atoms in total. The smallest absolute Gasteiger partial charge is 0.412 e. The summed E-state index contributed by atoms with van der Waals surface area (Å²) in [4.78, 5) is 11.5. The van der Waals surface area contributed by atoms with Crippen molar-refractivity contribution in [2.24, 2.45) is 0 Å². The van der Waals surface area contributed by atoms with Crippen molar-refractivity contribution in [3.05, 3.63) is 28.2 Å². The zero-order valence-electron chi connectivity index (χ0n) is 9.93. The molecule has 0 saturated heterocycles. The van der Waals surface area contributed by atoms with Crippen LogP contribution in [0.2, 0.25) is 0 Å². The number of benzene rings is 1. The largest absolute Gasteiger partial charge is 0.444 e. The van der Waals surface area contributed by atoms with E-state index in [1.54, 1.807) is 0 Å². The van der Waals surface area contributed by atoms with Gasteiger partial charge in [-0.1, -0.05) is 15.9 Å². The minimum absolute atomic E-state index is 0.432. The van der Waals surface area contributed by atoms with Gasteiger partial charge in [-0.25, -0.2) is 4.79 Å². The van der Waals surface area contributed by atoms with E-state index in [4.69, 9.17) is 4.74 Å². The molecular formula is C12H16BrNO2. The molecule has 0 aliphatic carbocycles. The molecule has 0 aromatic heterocycles. The van der Waals surface area contributed by atoms with E-state index < -0.39 is 11.7 Å². The van der Waals surface area contributed by atoms with Gasteiger partial charge in [0.15, 0.2) is 0 Å². The lowest BCUT2D eigenvalue weighted by Crippen LogP contribution is -2.27. The van der Waals surface area contributed by atoms with Gasteiger partial charge in [-0.15, -0.1) is 0 Å². The average molecular weight is 286 g/mol. The minimum atomic E-state index is -0.479. The Morgan fingerprint density at radius 1 is 1.38 bits per heavy atom. The first-order valence-corrected chi connectivity index (χ1v) is 5.83. The predicted molar refractivity (Wildman–Crippen MR) is 68.7 cm³/mol. The van der Waals surface area contributed by atoms with Crippen LogP contribution in [0.25, 0.3) is 0 Å². The molecule has 16 heavy (non-hydrogen) atoms. The Morgan fingerprint density at radius 3 is 2.50 bits per heavy atom. The molecule has 0 radical (unpaired) electrons. The van der Waals surface area contributed by atoms with Crippen LogP contribution < -0.4 is 5.32 Å². The maximum atomic E-state index is 11.5. The number of hydrogen-bond donors (Lipinski definition) is 1. The van der Waals surface area contributed by atoms with Gasteiger partial charge >= 0.3 is 6.09 Å². The lowest BCUT2D eigenvalue weighted by molar-refractivity contribution is 0.0636. The van der Waals surface area contributed by atoms with Crippen LogP contribution in [0.4, 0.5) is 10.5 Å². The summed E-state index contributed by atoms with van der Waals surface area (Å²) in [7, 11) is 0. The van der Waals surface area contributed by atoms with Crippen molar-refractivity contribution in [2.75, 3.05) is 5.32 Å². The lowest BCUT2D eigenvalue weighted by atomic mass is 10.2. The Morgan fingerprint density at radius 2 is 2.00 bits per heavy atom. The highest BCUT2D eigenvalue weighted by atomic mass is 79.9. The zero-order chi connectivity index (χ0) is 12.3. The Bertz CT molecular complexity index is 396. The number of amides is 1. The Balaban J connectivity index is 2.70. The first kappa shape index (κ1) is 13.0. The number of ether oxygens (including phenoxy) is 1. The molecule has 4 heteroatoms. The summed E-state index contributed by atoms with van der Waals surface area (Å²) in [5.74, 6) is 0. The van der Waals surface area contributed by atoms with E-state index in [-0.39, 0.29) is 0 Å². The monoisotopic (exact) mass is 285 g/mol. The number of aryl methyl sites for hydroxylation is 1. The summed E-state index contributed by atoms with van der Waals surface area (Å²) >= 11 is 3.37. The highest BCUT2D eigenvalue weighted by molar-refractivity contribution is 9.10. The summed E-state index contributed by atoms with van der Waals surface area (Å²) in [6.07, 6.45) is -0.432. The summed E-state index contributed by atoms with van der Waals surface area (Å²) in [5.41, 5.74) is 1.27. The van der Waals surface area contributed by atoms with Gasteiger partial charge in [0, 0.05) is 10.2 Å². The molecule has 0 unspecified atom stereocenters. The topological polar surface area (TPSA) is 38.3 Å². The van der Waals surface area contributed by atoms with E-state index in [1.807, 2.05) is 45.9 Å². The van der Waals surface area contributed by atoms with Crippen molar-refractivity contribution in [1.82, 2.24) is 0 Å². The standard InChI is InChI=1S/C12H16BrNO2/c1-8-7-9(13)5-6-10(8)14-11(15)16-12(2,3)4/h5-7H,1-4H3,(H,14,15). The summed E-state index contributed by atoms with van der Waals surface area (Å²) < 4.78 is 6.15. The van der Waals surface area contributed by atoms with Gasteiger partial charge in [0.05, 0.1) is 0 Å². The normalized spacial score (nSPS) is 11.1. The van der Waals surface area contributed by atoms with E-state index in [9.17, 15) is 4.79 Å². The third-order valence-electron chi connectivity index (χ3n) is 1.82. The van der Waals surface area contributed by atoms with E-state index in [0.717, 1.165) is 15.7 Å². The molecule has 1 amide bonds. The van der Waals surface area contributed by atoms with E-state index >= 15 is 0 Å². The summed E-state index contributed by atoms with van der Waals surface area (Å²) in [6, 6.07) is 5.65. The third-order valence-corrected chi connectivity index (χ3v) is 2.32. The molecule has 0 bridgehead atoms. The van der Waals surface area contributed by atoms with Crippen LogP contribution in [0.5, 0.6) is 0 Å². The van der Waals surface area contributed by atoms with Gasteiger partial charge in [0.1, 0.15) is 5.60 Å². The van der Waals surface area contributed by atoms with E-state index in [1.165, 1.54) is 0 Å². The average Bonchev–Trinajstić information content (AvgIpc) is 2.06. The molecule has 0 aliphatic heterocycles. The van der Waals surface area contributed by atoms with Gasteiger partial charge in [0.2, 0.25) is 0 Å². The first-order chi connectivity index (χ1) is 7.28. The molecule has 0 atom stereocenters. The number of anilines is 1. The van der Waals surface area contributed by atoms with Crippen molar-refractivity contribution in [3.63, 3.8) is 0 Å². The number of halogens is 1. The second kappa shape index (κ2) is 4.87. The van der Waals surface area contributed by atoms with Crippen LogP contribution in [0.15, 0.2) is 22.7 Å². The molecule has 1 aromatic rings. The summed E-state index contributed by atoms with van der Waals surface area (Å²) in [6.45, 7) is 7.43. The van der Waals surface area contributed by atoms with Crippen molar-refractivity contribution < 1.29 is 9.53 Å². The molecule has 0 heterocycles. The third kappa shape index (κ3) is 4.23. The van der Waals surface area contributed by atoms with Gasteiger partial charge in [-0.3, -0.25) is 5.32 Å². The van der Waals surface area contributed by atoms with Crippen LogP contribution in [-0.4, -0.2) is 11.7 Å². The number of carbonyl (C=O) groups excluding carboxylic acids is 1. The fourth-order valence-electron chi connectivity index (χ4n) is 1.18. The molecule has 0 spiro atoms. The highest BCUT2D eigenvalue weighted by Gasteiger charge is 2.16. The number of rotatable bonds is 1. The minimum Gasteiger partial charge on any atom is -0.444 e. The molecule has 0 fully saturated rings. The molecule has 0 saturated carbocycles. The maximum absolute atomic E-state index is 11.5. The predicted octanol–water partition coefficient (Wildman–Crippen LogP) is 4.10. The van der Waals surface area contributed by atoms with Crippen molar-refractivity contribution in [2.45, 2.75) is 33.3 Å². The Kier molecular flexibility index (Phi) is 3.97. The Labute approximate surface area is 104 Å². The van der Waals surface area contributed by atoms with Crippen LogP contribution >= 0.6 is 15.9 Å². The van der Waals surface area contributed by atoms with Crippen molar-refractivity contribution in [3.8, 4) is 0 Å². The van der Waals surface area contributed by atoms with Crippen LogP contribution in [0.3, 0.4) is 0 Å². The van der Waals surface area contributed by atoms with E-state index in [0.29, 0.717) is 0 Å². The van der Waals surface area contributed by atoms with Gasteiger partial charge in [-0.05, 0) is 51.5 Å². The second-order valence-corrected chi connectivity index (χ2v) is 5.50. The molecule has 1 N–H and O–H groups in total. The second-order valence-electron chi connectivity index (χ2n) is 4.59. The molecular weight excluding hydrogens is 270 g/mol. The van der Waals surface area contributed by atoms with Crippen LogP contribution in [0, 0.1) is 6.92 Å². The fourth-order valence-corrected chi connectivity index (χ4v) is 1.66. The SMILES string of the molecule is Cc1cc(Br)ccc1NC(=O)OC(C)(C)C. The molecule has 1 aromatic carbocycles. The zero-order valence-corrected chi connectivity index (χ0v) is 11.5. The van der Waals surface area contributed by atoms with Crippen molar-refractivity contribution in [1.29, 1.82) is 0 Å². The highest BCUT2D eigenvalue weighted by Crippen LogP contribution is 2.20. The fraction of sp³-hybridized carbons (Fsp3) is 0.417. The molecule has 88 valence electrons. The number of nitrogens with one attached hydrogen (secondary N) is 1. The summed E-state index contributed by atoms with van der Waals surface area (Å²) in [5, 5.41) is 2.71. The molecule has 0 aliphatic rings. The van der Waals surface area contributed by atoms with Gasteiger partial charge < -0.3 is 4.74 Å². The van der Waals surface area contributed by atoms with Crippen LogP contribution in [-0.2, 0) is 4.74 Å². The molecule has 1 rings (SSSR count). The van der Waals surface area contributed by atoms with E-state index in [2.05, 4.69) is 21.2 Å². The number of carbonyl (C=O) groups is 1. The van der Waals surface area contributed by atoms with Gasteiger partial charge in [0.25, 0.3) is 0 Å². The van der Waals surface area contributed by atoms with Crippen molar-refractivity contribution >= 4 is 27.7 Å². The lowest BCUT2D eigenvalue weighted by Gasteiger charge is -2.20. The first-order valence-electron chi connectivity index (χ1n) is 5.04. The maximum Gasteiger partial charge on any atom is 0.412 e. The quantitative estimate of drug-likeness (QED) is 0.843. The van der Waals surface area contributed by atoms with Gasteiger partial charge in [-0.2, -0.15) is 0 Å². The Hall–Kier alpha value is -1.03. The number of hydrogen-bond acceptors (Lipinski definition) is 2.